The summed E-state index contributed by atoms with van der Waals surface area (Å²) in [5, 5.41) is 15.3. The average Bonchev–Trinajstić information content (AvgIpc) is 2.87. The molecule has 1 aliphatic rings. The van der Waals surface area contributed by atoms with Crippen molar-refractivity contribution in [2.75, 3.05) is 19.8 Å². The first-order chi connectivity index (χ1) is 10.5. The standard InChI is InChI=1S/C17H26N2O3/c1-13-6-3-4-7-14(13)22-11-10-18-16(21)19-15-8-5-9-17(15,2)12-20/h3-4,6-7,15,20H,5,8-12H2,1-2H3,(H2,18,19,21). The molecule has 2 atom stereocenters. The molecule has 5 heteroatoms. The van der Waals surface area contributed by atoms with Crippen molar-refractivity contribution in [3.63, 3.8) is 0 Å². The maximum atomic E-state index is 11.9. The summed E-state index contributed by atoms with van der Waals surface area (Å²) < 4.78 is 5.64. The maximum Gasteiger partial charge on any atom is 0.315 e. The Morgan fingerprint density at radius 1 is 1.45 bits per heavy atom. The second-order valence-corrected chi connectivity index (χ2v) is 6.27. The summed E-state index contributed by atoms with van der Waals surface area (Å²) >= 11 is 0. The van der Waals surface area contributed by atoms with Crippen LogP contribution in [-0.4, -0.2) is 36.9 Å². The van der Waals surface area contributed by atoms with E-state index in [1.807, 2.05) is 38.1 Å². The molecule has 0 radical (unpaired) electrons. The topological polar surface area (TPSA) is 70.6 Å². The number of rotatable bonds is 6. The van der Waals surface area contributed by atoms with Gasteiger partial charge in [-0.15, -0.1) is 0 Å². The molecule has 1 aliphatic carbocycles. The van der Waals surface area contributed by atoms with Crippen LogP contribution in [0.3, 0.4) is 0 Å². The van der Waals surface area contributed by atoms with E-state index in [9.17, 15) is 9.90 Å². The largest absolute Gasteiger partial charge is 0.491 e. The van der Waals surface area contributed by atoms with E-state index in [0.717, 1.165) is 30.6 Å². The molecule has 2 amide bonds. The molecule has 3 N–H and O–H groups in total. The molecule has 1 saturated carbocycles. The van der Waals surface area contributed by atoms with E-state index in [1.165, 1.54) is 0 Å². The second-order valence-electron chi connectivity index (χ2n) is 6.27. The Bertz CT molecular complexity index is 506. The van der Waals surface area contributed by atoms with Gasteiger partial charge in [-0.1, -0.05) is 31.5 Å². The van der Waals surface area contributed by atoms with Crippen molar-refractivity contribution in [2.45, 2.75) is 39.2 Å². The van der Waals surface area contributed by atoms with Gasteiger partial charge in [0.05, 0.1) is 13.2 Å². The van der Waals surface area contributed by atoms with Crippen molar-refractivity contribution < 1.29 is 14.6 Å². The van der Waals surface area contributed by atoms with Gasteiger partial charge in [0, 0.05) is 11.5 Å². The number of carbonyl (C=O) groups excluding carboxylic acids is 1. The first kappa shape index (κ1) is 16.6. The molecule has 0 aliphatic heterocycles. The SMILES string of the molecule is Cc1ccccc1OCCNC(=O)NC1CCCC1(C)CO. The van der Waals surface area contributed by atoms with Crippen LogP contribution in [0, 0.1) is 12.3 Å². The fraction of sp³-hybridized carbons (Fsp3) is 0.588. The number of aryl methyl sites for hydroxylation is 1. The lowest BCUT2D eigenvalue weighted by Crippen LogP contribution is -2.49. The maximum absolute atomic E-state index is 11.9. The quantitative estimate of drug-likeness (QED) is 0.706. The zero-order valence-corrected chi connectivity index (χ0v) is 13.4. The second kappa shape index (κ2) is 7.49. The van der Waals surface area contributed by atoms with Crippen molar-refractivity contribution >= 4 is 6.03 Å². The van der Waals surface area contributed by atoms with Gasteiger partial charge in [-0.2, -0.15) is 0 Å². The Kier molecular flexibility index (Phi) is 5.66. The van der Waals surface area contributed by atoms with Gasteiger partial charge in [0.25, 0.3) is 0 Å². The number of urea groups is 1. The van der Waals surface area contributed by atoms with Crippen LogP contribution >= 0.6 is 0 Å². The normalized spacial score (nSPS) is 24.0. The number of hydrogen-bond acceptors (Lipinski definition) is 3. The minimum atomic E-state index is -0.199. The Morgan fingerprint density at radius 3 is 2.95 bits per heavy atom. The third kappa shape index (κ3) is 4.13. The molecule has 2 rings (SSSR count). The zero-order valence-electron chi connectivity index (χ0n) is 13.4. The first-order valence-electron chi connectivity index (χ1n) is 7.89. The summed E-state index contributed by atoms with van der Waals surface area (Å²) in [6.45, 7) is 4.99. The Hall–Kier alpha value is -1.75. The Balaban J connectivity index is 1.69. The molecule has 1 fully saturated rings. The van der Waals surface area contributed by atoms with Gasteiger partial charge < -0.3 is 20.5 Å². The summed E-state index contributed by atoms with van der Waals surface area (Å²) in [4.78, 5) is 11.9. The van der Waals surface area contributed by atoms with Gasteiger partial charge >= 0.3 is 6.03 Å². The molecule has 5 nitrogen and oxygen atoms in total. The van der Waals surface area contributed by atoms with Crippen LogP contribution in [0.4, 0.5) is 4.79 Å². The molecule has 1 aromatic rings. The average molecular weight is 306 g/mol. The third-order valence-corrected chi connectivity index (χ3v) is 4.49. The lowest BCUT2D eigenvalue weighted by atomic mass is 9.86. The van der Waals surface area contributed by atoms with Crippen LogP contribution < -0.4 is 15.4 Å². The first-order valence-corrected chi connectivity index (χ1v) is 7.89. The lowest BCUT2D eigenvalue weighted by Gasteiger charge is -2.30. The van der Waals surface area contributed by atoms with Crippen LogP contribution in [0.25, 0.3) is 0 Å². The molecular weight excluding hydrogens is 280 g/mol. The van der Waals surface area contributed by atoms with Gasteiger partial charge in [0.1, 0.15) is 12.4 Å². The van der Waals surface area contributed by atoms with Gasteiger partial charge in [-0.3, -0.25) is 0 Å². The van der Waals surface area contributed by atoms with Crippen LogP contribution in [0.5, 0.6) is 5.75 Å². The molecule has 2 unspecified atom stereocenters. The van der Waals surface area contributed by atoms with Gasteiger partial charge in [-0.25, -0.2) is 4.79 Å². The number of benzene rings is 1. The Labute approximate surface area is 132 Å². The minimum absolute atomic E-state index is 0.0368. The predicted octanol–water partition coefficient (Wildman–Crippen LogP) is 2.22. The molecule has 0 saturated heterocycles. The van der Waals surface area contributed by atoms with Crippen molar-refractivity contribution in [3.05, 3.63) is 29.8 Å². The minimum Gasteiger partial charge on any atom is -0.491 e. The highest BCUT2D eigenvalue weighted by Crippen LogP contribution is 2.37. The van der Waals surface area contributed by atoms with Crippen LogP contribution in [0.1, 0.15) is 31.7 Å². The molecule has 22 heavy (non-hydrogen) atoms. The molecule has 0 heterocycles. The highest BCUT2D eigenvalue weighted by Gasteiger charge is 2.38. The molecule has 0 bridgehead atoms. The molecular formula is C17H26N2O3. The van der Waals surface area contributed by atoms with E-state index in [4.69, 9.17) is 4.74 Å². The summed E-state index contributed by atoms with van der Waals surface area (Å²) in [6.07, 6.45) is 2.91. The number of hydrogen-bond donors (Lipinski definition) is 3. The molecule has 0 aromatic heterocycles. The fourth-order valence-corrected chi connectivity index (χ4v) is 2.92. The van der Waals surface area contributed by atoms with E-state index in [1.54, 1.807) is 0 Å². The number of para-hydroxylation sites is 1. The van der Waals surface area contributed by atoms with Crippen molar-refractivity contribution in [1.29, 1.82) is 0 Å². The summed E-state index contributed by atoms with van der Waals surface area (Å²) in [7, 11) is 0. The van der Waals surface area contributed by atoms with Crippen LogP contribution in [0.15, 0.2) is 24.3 Å². The molecule has 1 aromatic carbocycles. The number of carbonyl (C=O) groups is 1. The van der Waals surface area contributed by atoms with E-state index in [0.29, 0.717) is 13.2 Å². The monoisotopic (exact) mass is 306 g/mol. The number of aliphatic hydroxyl groups is 1. The van der Waals surface area contributed by atoms with Crippen LogP contribution in [-0.2, 0) is 0 Å². The van der Waals surface area contributed by atoms with E-state index >= 15 is 0 Å². The van der Waals surface area contributed by atoms with E-state index in [-0.39, 0.29) is 24.1 Å². The van der Waals surface area contributed by atoms with Crippen molar-refractivity contribution in [3.8, 4) is 5.75 Å². The third-order valence-electron chi connectivity index (χ3n) is 4.49. The summed E-state index contributed by atoms with van der Waals surface area (Å²) in [5.41, 5.74) is 0.881. The summed E-state index contributed by atoms with van der Waals surface area (Å²) in [5.74, 6) is 0.841. The van der Waals surface area contributed by atoms with Gasteiger partial charge in [0.2, 0.25) is 0 Å². The number of nitrogens with one attached hydrogen (secondary N) is 2. The number of amides is 2. The van der Waals surface area contributed by atoms with E-state index in [2.05, 4.69) is 10.6 Å². The smallest absolute Gasteiger partial charge is 0.315 e. The lowest BCUT2D eigenvalue weighted by molar-refractivity contribution is 0.121. The highest BCUT2D eigenvalue weighted by atomic mass is 16.5. The van der Waals surface area contributed by atoms with Crippen LogP contribution in [0.2, 0.25) is 0 Å². The number of aliphatic hydroxyl groups excluding tert-OH is 1. The Morgan fingerprint density at radius 2 is 2.23 bits per heavy atom. The highest BCUT2D eigenvalue weighted by molar-refractivity contribution is 5.74. The summed E-state index contributed by atoms with van der Waals surface area (Å²) in [6, 6.07) is 7.65. The molecule has 0 spiro atoms. The fourth-order valence-electron chi connectivity index (χ4n) is 2.92. The zero-order chi connectivity index (χ0) is 16.0. The van der Waals surface area contributed by atoms with Crippen molar-refractivity contribution in [1.82, 2.24) is 10.6 Å². The van der Waals surface area contributed by atoms with E-state index < -0.39 is 0 Å². The van der Waals surface area contributed by atoms with Gasteiger partial charge in [-0.05, 0) is 31.4 Å². The number of ether oxygens (including phenoxy) is 1. The predicted molar refractivity (Wildman–Crippen MR) is 86.0 cm³/mol. The van der Waals surface area contributed by atoms with Gasteiger partial charge in [0.15, 0.2) is 0 Å². The molecule has 122 valence electrons. The van der Waals surface area contributed by atoms with Crippen molar-refractivity contribution in [2.24, 2.45) is 5.41 Å².